The third kappa shape index (κ3) is 1.37. The zero-order valence-corrected chi connectivity index (χ0v) is 6.39. The maximum absolute atomic E-state index is 12.2. The van der Waals surface area contributed by atoms with E-state index in [4.69, 9.17) is 0 Å². The van der Waals surface area contributed by atoms with E-state index in [2.05, 4.69) is 9.97 Å². The molecule has 1 N–H and O–H groups in total. The Labute approximate surface area is 72.9 Å². The number of nitrogens with one attached hydrogen (secondary N) is 1. The molecular weight excluding hydrogens is 181 g/mol. The molecule has 0 radical (unpaired) electrons. The van der Waals surface area contributed by atoms with Crippen molar-refractivity contribution >= 4 is 11.0 Å². The first-order valence-corrected chi connectivity index (χ1v) is 3.58. The van der Waals surface area contributed by atoms with Gasteiger partial charge in [-0.05, 0) is 18.2 Å². The lowest BCUT2D eigenvalue weighted by molar-refractivity contribution is -0.137. The second-order valence-electron chi connectivity index (χ2n) is 2.63. The molecule has 0 spiro atoms. The average Bonchev–Trinajstić information content (AvgIpc) is 2.47. The molecular formula is C8H7F3N2. The highest BCUT2D eigenvalue weighted by Gasteiger charge is 2.30. The Morgan fingerprint density at radius 3 is 2.77 bits per heavy atom. The summed E-state index contributed by atoms with van der Waals surface area (Å²) in [6, 6.07) is 3.40. The summed E-state index contributed by atoms with van der Waals surface area (Å²) in [5, 5.41) is 0. The molecule has 0 aliphatic rings. The number of benzene rings is 1. The highest BCUT2D eigenvalue weighted by Crippen LogP contribution is 2.30. The smallest absolute Gasteiger partial charge is 0.345 e. The number of aromatic nitrogens is 2. The lowest BCUT2D eigenvalue weighted by atomic mass is 10.2. The maximum atomic E-state index is 12.2. The van der Waals surface area contributed by atoms with Crippen molar-refractivity contribution in [2.75, 3.05) is 0 Å². The third-order valence-electron chi connectivity index (χ3n) is 1.75. The van der Waals surface area contributed by atoms with Crippen LogP contribution in [0.4, 0.5) is 13.2 Å². The summed E-state index contributed by atoms with van der Waals surface area (Å²) in [6.45, 7) is 0. The van der Waals surface area contributed by atoms with Gasteiger partial charge in [0.2, 0.25) is 0 Å². The van der Waals surface area contributed by atoms with Crippen LogP contribution in [0.15, 0.2) is 24.5 Å². The Hall–Kier alpha value is -1.52. The zero-order chi connectivity index (χ0) is 9.47. The molecule has 13 heavy (non-hydrogen) atoms. The molecule has 0 aliphatic heterocycles. The van der Waals surface area contributed by atoms with Crippen LogP contribution >= 0.6 is 0 Å². The first-order valence-electron chi connectivity index (χ1n) is 3.58. The number of hydrogen-bond donors (Lipinski definition) is 1. The van der Waals surface area contributed by atoms with Crippen molar-refractivity contribution in [3.05, 3.63) is 30.1 Å². The summed E-state index contributed by atoms with van der Waals surface area (Å²) in [6.07, 6.45) is -2.93. The molecule has 0 unspecified atom stereocenters. The molecule has 1 aromatic heterocycles. The van der Waals surface area contributed by atoms with Crippen LogP contribution < -0.4 is 0 Å². The average molecular weight is 188 g/mol. The van der Waals surface area contributed by atoms with Gasteiger partial charge in [-0.2, -0.15) is 13.2 Å². The molecule has 0 amide bonds. The monoisotopic (exact) mass is 188 g/mol. The Balaban J connectivity index is 0.000000980. The third-order valence-corrected chi connectivity index (χ3v) is 1.75. The summed E-state index contributed by atoms with van der Waals surface area (Å²) in [5.41, 5.74) is 0.270. The first kappa shape index (κ1) is 8.10. The lowest BCUT2D eigenvalue weighted by Crippen LogP contribution is -2.04. The van der Waals surface area contributed by atoms with E-state index in [0.29, 0.717) is 11.0 Å². The number of halogens is 3. The van der Waals surface area contributed by atoms with E-state index in [9.17, 15) is 13.2 Å². The van der Waals surface area contributed by atoms with E-state index in [1.54, 1.807) is 0 Å². The molecule has 0 fully saturated rings. The van der Waals surface area contributed by atoms with Crippen LogP contribution in [0.2, 0.25) is 0 Å². The van der Waals surface area contributed by atoms with Gasteiger partial charge >= 0.3 is 6.18 Å². The Morgan fingerprint density at radius 1 is 1.31 bits per heavy atom. The summed E-state index contributed by atoms with van der Waals surface area (Å²) in [5.74, 6) is 0. The number of hydrogen-bond acceptors (Lipinski definition) is 1. The molecule has 0 bridgehead atoms. The molecule has 0 aliphatic carbocycles. The van der Waals surface area contributed by atoms with Crippen molar-refractivity contribution < 1.29 is 14.6 Å². The standard InChI is InChI=1S/C8H5F3N2.H2/c9-8(10,11)5-1-2-6-7(3-5)13-4-12-6;/h1-4H,(H,12,13);1H. The van der Waals surface area contributed by atoms with Crippen molar-refractivity contribution in [2.24, 2.45) is 0 Å². The molecule has 5 heteroatoms. The largest absolute Gasteiger partial charge is 0.416 e. The Kier molecular flexibility index (Phi) is 1.55. The van der Waals surface area contributed by atoms with Gasteiger partial charge in [0.25, 0.3) is 0 Å². The quantitative estimate of drug-likeness (QED) is 0.676. The van der Waals surface area contributed by atoms with Gasteiger partial charge in [-0.15, -0.1) is 0 Å². The highest BCUT2D eigenvalue weighted by atomic mass is 19.4. The van der Waals surface area contributed by atoms with Gasteiger partial charge in [-0.25, -0.2) is 4.98 Å². The molecule has 0 saturated heterocycles. The van der Waals surface area contributed by atoms with E-state index in [-0.39, 0.29) is 1.43 Å². The normalized spacial score (nSPS) is 12.2. The fraction of sp³-hybridized carbons (Fsp3) is 0.125. The van der Waals surface area contributed by atoms with Gasteiger partial charge in [-0.3, -0.25) is 0 Å². The number of rotatable bonds is 0. The zero-order valence-electron chi connectivity index (χ0n) is 6.39. The summed E-state index contributed by atoms with van der Waals surface area (Å²) < 4.78 is 36.6. The van der Waals surface area contributed by atoms with Crippen molar-refractivity contribution in [3.63, 3.8) is 0 Å². The van der Waals surface area contributed by atoms with Crippen LogP contribution in [0.1, 0.15) is 6.99 Å². The molecule has 2 aromatic rings. The van der Waals surface area contributed by atoms with Gasteiger partial charge in [0, 0.05) is 1.43 Å². The van der Waals surface area contributed by atoms with Crippen molar-refractivity contribution in [2.45, 2.75) is 6.18 Å². The second kappa shape index (κ2) is 2.48. The van der Waals surface area contributed by atoms with Crippen molar-refractivity contribution in [3.8, 4) is 0 Å². The number of fused-ring (bicyclic) bond motifs is 1. The van der Waals surface area contributed by atoms with Gasteiger partial charge < -0.3 is 4.98 Å². The molecule has 2 nitrogen and oxygen atoms in total. The van der Waals surface area contributed by atoms with Crippen LogP contribution in [0, 0.1) is 0 Å². The molecule has 70 valence electrons. The van der Waals surface area contributed by atoms with Crippen molar-refractivity contribution in [1.82, 2.24) is 9.97 Å². The van der Waals surface area contributed by atoms with Crippen molar-refractivity contribution in [1.29, 1.82) is 0 Å². The van der Waals surface area contributed by atoms with Gasteiger partial charge in [-0.1, -0.05) is 0 Å². The molecule has 2 rings (SSSR count). The predicted molar refractivity (Wildman–Crippen MR) is 43.2 cm³/mol. The van der Waals surface area contributed by atoms with Gasteiger partial charge in [0.15, 0.2) is 0 Å². The second-order valence-corrected chi connectivity index (χ2v) is 2.63. The Bertz CT molecular complexity index is 435. The van der Waals surface area contributed by atoms with E-state index < -0.39 is 11.7 Å². The number of aromatic amines is 1. The van der Waals surface area contributed by atoms with Crippen LogP contribution in [0.25, 0.3) is 11.0 Å². The van der Waals surface area contributed by atoms with Crippen LogP contribution in [0.3, 0.4) is 0 Å². The minimum Gasteiger partial charge on any atom is -0.345 e. The lowest BCUT2D eigenvalue weighted by Gasteiger charge is -2.04. The minimum atomic E-state index is -4.29. The Morgan fingerprint density at radius 2 is 2.08 bits per heavy atom. The minimum absolute atomic E-state index is 0. The summed E-state index contributed by atoms with van der Waals surface area (Å²) in [4.78, 5) is 6.44. The van der Waals surface area contributed by atoms with Gasteiger partial charge in [0.1, 0.15) is 0 Å². The fourth-order valence-electron chi connectivity index (χ4n) is 1.11. The molecule has 1 aromatic carbocycles. The van der Waals surface area contributed by atoms with E-state index in [1.165, 1.54) is 12.4 Å². The van der Waals surface area contributed by atoms with Gasteiger partial charge in [0.05, 0.1) is 22.9 Å². The topological polar surface area (TPSA) is 28.7 Å². The first-order chi connectivity index (χ1) is 6.07. The van der Waals surface area contributed by atoms with Crippen LogP contribution in [0.5, 0.6) is 0 Å². The number of nitrogens with zero attached hydrogens (tertiary/aromatic N) is 1. The molecule has 0 atom stereocenters. The van der Waals surface area contributed by atoms with Crippen LogP contribution in [-0.2, 0) is 6.18 Å². The number of H-pyrrole nitrogens is 1. The number of alkyl halides is 3. The SMILES string of the molecule is FC(F)(F)c1ccc2nc[nH]c2c1.[HH]. The molecule has 0 saturated carbocycles. The van der Waals surface area contributed by atoms with E-state index >= 15 is 0 Å². The van der Waals surface area contributed by atoms with E-state index in [0.717, 1.165) is 12.1 Å². The van der Waals surface area contributed by atoms with Crippen LogP contribution in [-0.4, -0.2) is 9.97 Å². The summed E-state index contributed by atoms with van der Waals surface area (Å²) >= 11 is 0. The highest BCUT2D eigenvalue weighted by molar-refractivity contribution is 5.75. The molecule has 1 heterocycles. The predicted octanol–water partition coefficient (Wildman–Crippen LogP) is 2.83. The van der Waals surface area contributed by atoms with E-state index in [1.807, 2.05) is 0 Å². The fourth-order valence-corrected chi connectivity index (χ4v) is 1.11. The maximum Gasteiger partial charge on any atom is 0.416 e. The summed E-state index contributed by atoms with van der Waals surface area (Å²) in [7, 11) is 0. The number of imidazole rings is 1.